The van der Waals surface area contributed by atoms with Crippen LogP contribution in [0.5, 0.6) is 0 Å². The van der Waals surface area contributed by atoms with Crippen LogP contribution in [0.25, 0.3) is 17.0 Å². The molecule has 0 unspecified atom stereocenters. The van der Waals surface area contributed by atoms with E-state index in [0.29, 0.717) is 12.1 Å². The molecule has 27 heavy (non-hydrogen) atoms. The number of pyridine rings is 1. The first-order chi connectivity index (χ1) is 13.2. The molecule has 4 heteroatoms. The second kappa shape index (κ2) is 9.64. The van der Waals surface area contributed by atoms with Gasteiger partial charge in [-0.05, 0) is 43.3 Å². The van der Waals surface area contributed by atoms with Crippen molar-refractivity contribution in [2.24, 2.45) is 0 Å². The Morgan fingerprint density at radius 2 is 1.93 bits per heavy atom. The van der Waals surface area contributed by atoms with Crippen molar-refractivity contribution in [3.8, 4) is 0 Å². The Morgan fingerprint density at radius 1 is 1.07 bits per heavy atom. The third-order valence-corrected chi connectivity index (χ3v) is 4.43. The molecule has 0 aliphatic heterocycles. The van der Waals surface area contributed by atoms with Crippen molar-refractivity contribution in [1.82, 2.24) is 15.2 Å². The fraction of sp³-hybridized carbons (Fsp3) is 0.217. The van der Waals surface area contributed by atoms with Gasteiger partial charge in [0.05, 0.1) is 5.52 Å². The second-order valence-corrected chi connectivity index (χ2v) is 6.57. The van der Waals surface area contributed by atoms with Gasteiger partial charge in [-0.15, -0.1) is 0 Å². The summed E-state index contributed by atoms with van der Waals surface area (Å²) in [5.41, 5.74) is 2.79. The third-order valence-electron chi connectivity index (χ3n) is 4.43. The van der Waals surface area contributed by atoms with Crippen LogP contribution in [0.4, 0.5) is 0 Å². The van der Waals surface area contributed by atoms with Crippen LogP contribution < -0.4 is 5.32 Å². The zero-order chi connectivity index (χ0) is 18.9. The predicted molar refractivity (Wildman–Crippen MR) is 112 cm³/mol. The van der Waals surface area contributed by atoms with E-state index in [4.69, 9.17) is 0 Å². The summed E-state index contributed by atoms with van der Waals surface area (Å²) in [6.45, 7) is 2.41. The summed E-state index contributed by atoms with van der Waals surface area (Å²) in [4.78, 5) is 18.8. The number of amides is 1. The minimum Gasteiger partial charge on any atom is -0.351 e. The number of benzene rings is 2. The first kappa shape index (κ1) is 18.8. The molecule has 0 radical (unpaired) electrons. The molecule has 0 bridgehead atoms. The molecule has 1 amide bonds. The van der Waals surface area contributed by atoms with E-state index < -0.39 is 0 Å². The molecule has 0 saturated heterocycles. The van der Waals surface area contributed by atoms with E-state index in [2.05, 4.69) is 46.5 Å². The third kappa shape index (κ3) is 5.76. The maximum Gasteiger partial charge on any atom is 0.251 e. The van der Waals surface area contributed by atoms with Crippen LogP contribution in [-0.2, 0) is 0 Å². The number of rotatable bonds is 8. The Morgan fingerprint density at radius 3 is 2.78 bits per heavy atom. The van der Waals surface area contributed by atoms with Crippen LogP contribution in [0.3, 0.4) is 0 Å². The van der Waals surface area contributed by atoms with E-state index >= 15 is 0 Å². The van der Waals surface area contributed by atoms with E-state index in [1.807, 2.05) is 48.5 Å². The number of hydrogen-bond donors (Lipinski definition) is 1. The highest BCUT2D eigenvalue weighted by molar-refractivity contribution is 5.97. The standard InChI is InChI=1S/C23H25N3O/c1-26(16-6-5-10-19-8-3-2-4-9-19)17-15-25-23(27)21-12-13-22-20(18-21)11-7-14-24-22/h2-5,7-14,18H,6,15-17H2,1H3,(H,25,27)/b10-5+. The Bertz CT molecular complexity index is 906. The van der Waals surface area contributed by atoms with Gasteiger partial charge in [0.2, 0.25) is 0 Å². The number of carbonyl (C=O) groups is 1. The van der Waals surface area contributed by atoms with Gasteiger partial charge in [0.25, 0.3) is 5.91 Å². The highest BCUT2D eigenvalue weighted by Crippen LogP contribution is 2.13. The molecule has 0 atom stereocenters. The fourth-order valence-electron chi connectivity index (χ4n) is 2.87. The molecule has 3 rings (SSSR count). The van der Waals surface area contributed by atoms with E-state index in [1.165, 1.54) is 5.56 Å². The number of likely N-dealkylation sites (N-methyl/N-ethyl adjacent to an activating group) is 1. The molecule has 3 aromatic rings. The number of fused-ring (bicyclic) bond motifs is 1. The van der Waals surface area contributed by atoms with Crippen molar-refractivity contribution >= 4 is 22.9 Å². The Balaban J connectivity index is 1.39. The lowest BCUT2D eigenvalue weighted by Crippen LogP contribution is -2.33. The number of aromatic nitrogens is 1. The van der Waals surface area contributed by atoms with Crippen molar-refractivity contribution in [3.63, 3.8) is 0 Å². The summed E-state index contributed by atoms with van der Waals surface area (Å²) >= 11 is 0. The van der Waals surface area contributed by atoms with Gasteiger partial charge in [-0.1, -0.05) is 48.6 Å². The minimum absolute atomic E-state index is 0.0434. The molecule has 4 nitrogen and oxygen atoms in total. The zero-order valence-electron chi connectivity index (χ0n) is 15.6. The topological polar surface area (TPSA) is 45.2 Å². The highest BCUT2D eigenvalue weighted by Gasteiger charge is 2.06. The Kier molecular flexibility index (Phi) is 6.72. The van der Waals surface area contributed by atoms with Gasteiger partial charge in [0.15, 0.2) is 0 Å². The number of carbonyl (C=O) groups excluding carboxylic acids is 1. The Labute approximate surface area is 160 Å². The normalized spacial score (nSPS) is 11.3. The lowest BCUT2D eigenvalue weighted by Gasteiger charge is -2.16. The van der Waals surface area contributed by atoms with Crippen LogP contribution >= 0.6 is 0 Å². The maximum absolute atomic E-state index is 12.3. The minimum atomic E-state index is -0.0434. The monoisotopic (exact) mass is 359 g/mol. The van der Waals surface area contributed by atoms with Crippen molar-refractivity contribution in [2.45, 2.75) is 6.42 Å². The first-order valence-electron chi connectivity index (χ1n) is 9.25. The largest absolute Gasteiger partial charge is 0.351 e. The molecule has 1 heterocycles. The maximum atomic E-state index is 12.3. The second-order valence-electron chi connectivity index (χ2n) is 6.57. The van der Waals surface area contributed by atoms with E-state index in [1.54, 1.807) is 6.20 Å². The summed E-state index contributed by atoms with van der Waals surface area (Å²) in [5, 5.41) is 3.97. The van der Waals surface area contributed by atoms with Crippen LogP contribution in [0.2, 0.25) is 0 Å². The molecule has 0 saturated carbocycles. The number of hydrogen-bond acceptors (Lipinski definition) is 3. The molecular formula is C23H25N3O. The number of nitrogens with one attached hydrogen (secondary N) is 1. The van der Waals surface area contributed by atoms with E-state index in [9.17, 15) is 4.79 Å². The van der Waals surface area contributed by atoms with E-state index in [0.717, 1.165) is 30.4 Å². The van der Waals surface area contributed by atoms with Crippen LogP contribution in [0, 0.1) is 0 Å². The summed E-state index contributed by atoms with van der Waals surface area (Å²) in [6.07, 6.45) is 7.07. The molecular weight excluding hydrogens is 334 g/mol. The van der Waals surface area contributed by atoms with Gasteiger partial charge < -0.3 is 10.2 Å². The van der Waals surface area contributed by atoms with Gasteiger partial charge in [-0.3, -0.25) is 9.78 Å². The molecule has 1 N–H and O–H groups in total. The lowest BCUT2D eigenvalue weighted by molar-refractivity contribution is 0.0950. The van der Waals surface area contributed by atoms with Crippen LogP contribution in [0.1, 0.15) is 22.3 Å². The average molecular weight is 359 g/mol. The summed E-state index contributed by atoms with van der Waals surface area (Å²) in [5.74, 6) is -0.0434. The van der Waals surface area contributed by atoms with Crippen molar-refractivity contribution < 1.29 is 4.79 Å². The summed E-state index contributed by atoms with van der Waals surface area (Å²) in [7, 11) is 2.07. The van der Waals surface area contributed by atoms with Crippen LogP contribution in [-0.4, -0.2) is 42.5 Å². The summed E-state index contributed by atoms with van der Waals surface area (Å²) in [6, 6.07) is 19.7. The average Bonchev–Trinajstić information content (AvgIpc) is 2.71. The van der Waals surface area contributed by atoms with E-state index in [-0.39, 0.29) is 5.91 Å². The predicted octanol–water partition coefficient (Wildman–Crippen LogP) is 4.00. The lowest BCUT2D eigenvalue weighted by atomic mass is 10.1. The molecule has 138 valence electrons. The van der Waals surface area contributed by atoms with Crippen molar-refractivity contribution in [1.29, 1.82) is 0 Å². The number of nitrogens with zero attached hydrogens (tertiary/aromatic N) is 2. The molecule has 1 aromatic heterocycles. The SMILES string of the molecule is CN(CC/C=C/c1ccccc1)CCNC(=O)c1ccc2ncccc2c1. The van der Waals surface area contributed by atoms with Gasteiger partial charge in [0, 0.05) is 36.8 Å². The van der Waals surface area contributed by atoms with Crippen molar-refractivity contribution in [3.05, 3.63) is 84.1 Å². The molecule has 2 aromatic carbocycles. The first-order valence-corrected chi connectivity index (χ1v) is 9.25. The molecule has 0 aliphatic carbocycles. The Hall–Kier alpha value is -2.98. The highest BCUT2D eigenvalue weighted by atomic mass is 16.1. The summed E-state index contributed by atoms with van der Waals surface area (Å²) < 4.78 is 0. The van der Waals surface area contributed by atoms with Crippen LogP contribution in [0.15, 0.2) is 72.9 Å². The molecule has 0 spiro atoms. The van der Waals surface area contributed by atoms with Crippen molar-refractivity contribution in [2.75, 3.05) is 26.7 Å². The smallest absolute Gasteiger partial charge is 0.251 e. The fourth-order valence-corrected chi connectivity index (χ4v) is 2.87. The van der Waals surface area contributed by atoms with Gasteiger partial charge >= 0.3 is 0 Å². The van der Waals surface area contributed by atoms with Gasteiger partial charge in [-0.2, -0.15) is 0 Å². The molecule has 0 fully saturated rings. The molecule has 0 aliphatic rings. The van der Waals surface area contributed by atoms with Gasteiger partial charge in [-0.25, -0.2) is 0 Å². The van der Waals surface area contributed by atoms with Gasteiger partial charge in [0.1, 0.15) is 0 Å². The zero-order valence-corrected chi connectivity index (χ0v) is 15.6. The quantitative estimate of drug-likeness (QED) is 0.661.